The highest BCUT2D eigenvalue weighted by Gasteiger charge is 2.01. The number of halogens is 1. The molecule has 21 heavy (non-hydrogen) atoms. The van der Waals surface area contributed by atoms with Gasteiger partial charge < -0.3 is 5.32 Å². The zero-order valence-corrected chi connectivity index (χ0v) is 12.5. The Morgan fingerprint density at radius 1 is 0.952 bits per heavy atom. The number of pyridine rings is 1. The average Bonchev–Trinajstić information content (AvgIpc) is 2.54. The van der Waals surface area contributed by atoms with E-state index in [4.69, 9.17) is 11.6 Å². The first-order chi connectivity index (χ1) is 10.4. The van der Waals surface area contributed by atoms with Gasteiger partial charge in [0.2, 0.25) is 0 Å². The highest BCUT2D eigenvalue weighted by Crippen LogP contribution is 2.18. The van der Waals surface area contributed by atoms with Crippen molar-refractivity contribution in [2.75, 3.05) is 11.2 Å². The van der Waals surface area contributed by atoms with Crippen molar-refractivity contribution in [3.8, 4) is 0 Å². The fraction of sp³-hybridized carbons (Fsp3) is 0.167. The van der Waals surface area contributed by atoms with Crippen LogP contribution in [0, 0.1) is 0 Å². The summed E-state index contributed by atoms with van der Waals surface area (Å²) in [6, 6.07) is 18.7. The number of fused-ring (bicyclic) bond motifs is 1. The molecule has 0 aliphatic carbocycles. The highest BCUT2D eigenvalue weighted by atomic mass is 35.5. The summed E-state index contributed by atoms with van der Waals surface area (Å²) < 4.78 is 0. The Balaban J connectivity index is 1.74. The van der Waals surface area contributed by atoms with Crippen LogP contribution >= 0.6 is 11.6 Å². The third-order valence-electron chi connectivity index (χ3n) is 3.56. The third kappa shape index (κ3) is 3.34. The van der Waals surface area contributed by atoms with E-state index in [2.05, 4.69) is 52.8 Å². The molecular weight excluding hydrogens is 280 g/mol. The Kier molecular flexibility index (Phi) is 4.37. The number of alkyl halides is 1. The normalized spacial score (nSPS) is 10.7. The van der Waals surface area contributed by atoms with Crippen LogP contribution in [-0.4, -0.2) is 10.9 Å². The highest BCUT2D eigenvalue weighted by molar-refractivity contribution is 6.17. The van der Waals surface area contributed by atoms with Gasteiger partial charge in [-0.2, -0.15) is 0 Å². The van der Waals surface area contributed by atoms with Gasteiger partial charge >= 0.3 is 0 Å². The predicted molar refractivity (Wildman–Crippen MR) is 89.9 cm³/mol. The summed E-state index contributed by atoms with van der Waals surface area (Å²) in [6.45, 7) is 0.790. The second-order valence-corrected chi connectivity index (χ2v) is 5.35. The van der Waals surface area contributed by atoms with Crippen LogP contribution in [-0.2, 0) is 13.0 Å². The predicted octanol–water partition coefficient (Wildman–Crippen LogP) is 4.63. The van der Waals surface area contributed by atoms with E-state index in [1.54, 1.807) is 0 Å². The first-order valence-corrected chi connectivity index (χ1v) is 7.61. The number of hydrogen-bond donors (Lipinski definition) is 1. The van der Waals surface area contributed by atoms with E-state index in [0.717, 1.165) is 24.2 Å². The molecule has 106 valence electrons. The Bertz CT molecular complexity index is 717. The van der Waals surface area contributed by atoms with Gasteiger partial charge in [-0.3, -0.25) is 4.98 Å². The first kappa shape index (κ1) is 13.9. The smallest absolute Gasteiger partial charge is 0.0705 e. The van der Waals surface area contributed by atoms with Gasteiger partial charge in [0.05, 0.1) is 5.52 Å². The summed E-state index contributed by atoms with van der Waals surface area (Å²) in [7, 11) is 0. The van der Waals surface area contributed by atoms with Crippen molar-refractivity contribution < 1.29 is 0 Å². The lowest BCUT2D eigenvalue weighted by Gasteiger charge is -2.09. The molecule has 0 fully saturated rings. The second-order valence-electron chi connectivity index (χ2n) is 4.98. The summed E-state index contributed by atoms with van der Waals surface area (Å²) >= 11 is 5.75. The van der Waals surface area contributed by atoms with Gasteiger partial charge in [0, 0.05) is 29.7 Å². The van der Waals surface area contributed by atoms with Crippen LogP contribution in [0.5, 0.6) is 0 Å². The molecule has 1 heterocycles. The topological polar surface area (TPSA) is 24.9 Å². The molecule has 0 atom stereocenters. The molecule has 0 saturated heterocycles. The summed E-state index contributed by atoms with van der Waals surface area (Å²) in [5.41, 5.74) is 4.68. The van der Waals surface area contributed by atoms with E-state index in [1.165, 1.54) is 16.5 Å². The van der Waals surface area contributed by atoms with Crippen molar-refractivity contribution in [2.45, 2.75) is 13.0 Å². The number of aromatic nitrogens is 1. The lowest BCUT2D eigenvalue weighted by molar-refractivity contribution is 1.13. The van der Waals surface area contributed by atoms with E-state index in [-0.39, 0.29) is 0 Å². The number of para-hydroxylation sites is 1. The Hall–Kier alpha value is -2.06. The molecule has 1 N–H and O–H groups in total. The van der Waals surface area contributed by atoms with E-state index in [9.17, 15) is 0 Å². The summed E-state index contributed by atoms with van der Waals surface area (Å²) in [5.74, 6) is 0.662. The quantitative estimate of drug-likeness (QED) is 0.694. The van der Waals surface area contributed by atoms with Gasteiger partial charge in [0.25, 0.3) is 0 Å². The molecule has 3 aromatic rings. The fourth-order valence-corrected chi connectivity index (χ4v) is 2.62. The van der Waals surface area contributed by atoms with Crippen LogP contribution in [0.15, 0.2) is 60.8 Å². The van der Waals surface area contributed by atoms with Crippen molar-refractivity contribution in [1.29, 1.82) is 0 Å². The van der Waals surface area contributed by atoms with E-state index in [0.29, 0.717) is 5.88 Å². The Labute approximate surface area is 129 Å². The van der Waals surface area contributed by atoms with Crippen molar-refractivity contribution in [3.05, 3.63) is 71.9 Å². The number of hydrogen-bond acceptors (Lipinski definition) is 2. The molecule has 0 bridgehead atoms. The SMILES string of the molecule is ClCCc1ccc(NCc2ccnc3ccccc23)cc1. The van der Waals surface area contributed by atoms with Crippen LogP contribution < -0.4 is 5.32 Å². The fourth-order valence-electron chi connectivity index (χ4n) is 2.40. The molecule has 0 aliphatic heterocycles. The first-order valence-electron chi connectivity index (χ1n) is 7.08. The van der Waals surface area contributed by atoms with Crippen LogP contribution in [0.1, 0.15) is 11.1 Å². The van der Waals surface area contributed by atoms with Gasteiger partial charge in [-0.1, -0.05) is 30.3 Å². The Morgan fingerprint density at radius 3 is 2.57 bits per heavy atom. The molecule has 0 saturated carbocycles. The maximum Gasteiger partial charge on any atom is 0.0705 e. The van der Waals surface area contributed by atoms with Crippen LogP contribution in [0.25, 0.3) is 10.9 Å². The molecular formula is C18H17ClN2. The molecule has 0 radical (unpaired) electrons. The molecule has 3 rings (SSSR count). The largest absolute Gasteiger partial charge is 0.381 e. The maximum absolute atomic E-state index is 5.75. The van der Waals surface area contributed by atoms with Crippen LogP contribution in [0.4, 0.5) is 5.69 Å². The number of benzene rings is 2. The monoisotopic (exact) mass is 296 g/mol. The van der Waals surface area contributed by atoms with Crippen molar-refractivity contribution in [1.82, 2.24) is 4.98 Å². The summed E-state index contributed by atoms with van der Waals surface area (Å²) in [5, 5.41) is 4.66. The standard InChI is InChI=1S/C18H17ClN2/c19-11-9-14-5-7-16(8-6-14)21-13-15-10-12-20-18-4-2-1-3-17(15)18/h1-8,10,12,21H,9,11,13H2. The van der Waals surface area contributed by atoms with Gasteiger partial charge in [-0.25, -0.2) is 0 Å². The minimum atomic E-state index is 0.662. The summed E-state index contributed by atoms with van der Waals surface area (Å²) in [6.07, 6.45) is 2.78. The third-order valence-corrected chi connectivity index (χ3v) is 3.75. The molecule has 2 nitrogen and oxygen atoms in total. The number of anilines is 1. The van der Waals surface area contributed by atoms with Gasteiger partial charge in [-0.05, 0) is 41.8 Å². The summed E-state index contributed by atoms with van der Waals surface area (Å²) in [4.78, 5) is 4.39. The number of nitrogens with one attached hydrogen (secondary N) is 1. The maximum atomic E-state index is 5.75. The Morgan fingerprint density at radius 2 is 1.76 bits per heavy atom. The zero-order valence-electron chi connectivity index (χ0n) is 11.7. The van der Waals surface area contributed by atoms with Crippen LogP contribution in [0.3, 0.4) is 0 Å². The molecule has 2 aromatic carbocycles. The van der Waals surface area contributed by atoms with Crippen molar-refractivity contribution in [3.63, 3.8) is 0 Å². The molecule has 1 aromatic heterocycles. The van der Waals surface area contributed by atoms with Gasteiger partial charge in [0.15, 0.2) is 0 Å². The minimum absolute atomic E-state index is 0.662. The van der Waals surface area contributed by atoms with E-state index < -0.39 is 0 Å². The van der Waals surface area contributed by atoms with Gasteiger partial charge in [0.1, 0.15) is 0 Å². The van der Waals surface area contributed by atoms with Gasteiger partial charge in [-0.15, -0.1) is 11.6 Å². The van der Waals surface area contributed by atoms with Crippen LogP contribution in [0.2, 0.25) is 0 Å². The number of rotatable bonds is 5. The molecule has 0 unspecified atom stereocenters. The number of nitrogens with zero attached hydrogens (tertiary/aromatic N) is 1. The number of aryl methyl sites for hydroxylation is 1. The minimum Gasteiger partial charge on any atom is -0.381 e. The lowest BCUT2D eigenvalue weighted by atomic mass is 10.1. The lowest BCUT2D eigenvalue weighted by Crippen LogP contribution is -2.00. The van der Waals surface area contributed by atoms with E-state index >= 15 is 0 Å². The van der Waals surface area contributed by atoms with E-state index in [1.807, 2.05) is 18.3 Å². The average molecular weight is 297 g/mol. The van der Waals surface area contributed by atoms with Crippen molar-refractivity contribution in [2.24, 2.45) is 0 Å². The molecule has 3 heteroatoms. The second kappa shape index (κ2) is 6.59. The molecule has 0 amide bonds. The molecule has 0 spiro atoms. The zero-order chi connectivity index (χ0) is 14.5. The molecule has 0 aliphatic rings. The van der Waals surface area contributed by atoms with Crippen molar-refractivity contribution >= 4 is 28.2 Å².